The van der Waals surface area contributed by atoms with E-state index in [9.17, 15) is 4.79 Å². The van der Waals surface area contributed by atoms with Gasteiger partial charge >= 0.3 is 5.97 Å². The van der Waals surface area contributed by atoms with Gasteiger partial charge < -0.3 is 9.84 Å². The molecular weight excluding hydrogens is 146 g/mol. The van der Waals surface area contributed by atoms with Gasteiger partial charge in [-0.2, -0.15) is 0 Å². The van der Waals surface area contributed by atoms with Crippen molar-refractivity contribution in [2.24, 2.45) is 0 Å². The Morgan fingerprint density at radius 1 is 1.64 bits per heavy atom. The van der Waals surface area contributed by atoms with Crippen LogP contribution in [0.1, 0.15) is 6.42 Å². The number of ether oxygens (including phenoxy) is 1. The smallest absolute Gasteiger partial charge is 0.320 e. The van der Waals surface area contributed by atoms with E-state index in [4.69, 9.17) is 9.84 Å². The van der Waals surface area contributed by atoms with Crippen molar-refractivity contribution in [3.05, 3.63) is 0 Å². The Morgan fingerprint density at radius 3 is 2.45 bits per heavy atom. The SMILES string of the molecule is COCCC(C(=O)O)N(C)C. The van der Waals surface area contributed by atoms with Gasteiger partial charge in [0, 0.05) is 13.7 Å². The number of nitrogens with zero attached hydrogens (tertiary/aromatic N) is 1. The first kappa shape index (κ1) is 10.4. The lowest BCUT2D eigenvalue weighted by Crippen LogP contribution is -2.36. The molecule has 0 aliphatic heterocycles. The van der Waals surface area contributed by atoms with Gasteiger partial charge in [0.1, 0.15) is 6.04 Å². The maximum absolute atomic E-state index is 10.5. The second-order valence-corrected chi connectivity index (χ2v) is 2.60. The van der Waals surface area contributed by atoms with Gasteiger partial charge in [-0.3, -0.25) is 9.69 Å². The molecule has 0 saturated heterocycles. The van der Waals surface area contributed by atoms with Crippen molar-refractivity contribution in [3.8, 4) is 0 Å². The largest absolute Gasteiger partial charge is 0.480 e. The number of hydrogen-bond donors (Lipinski definition) is 1. The van der Waals surface area contributed by atoms with Crippen molar-refractivity contribution in [1.29, 1.82) is 0 Å². The van der Waals surface area contributed by atoms with E-state index in [1.165, 1.54) is 0 Å². The van der Waals surface area contributed by atoms with E-state index in [1.54, 1.807) is 26.1 Å². The first-order valence-corrected chi connectivity index (χ1v) is 3.47. The number of hydrogen-bond acceptors (Lipinski definition) is 3. The Bertz CT molecular complexity index is 125. The second kappa shape index (κ2) is 5.09. The number of likely N-dealkylation sites (N-methyl/N-ethyl adjacent to an activating group) is 1. The molecule has 0 fully saturated rings. The van der Waals surface area contributed by atoms with E-state index in [2.05, 4.69) is 0 Å². The molecule has 0 amide bonds. The van der Waals surface area contributed by atoms with Gasteiger partial charge in [0.05, 0.1) is 0 Å². The Kier molecular flexibility index (Phi) is 4.81. The minimum Gasteiger partial charge on any atom is -0.480 e. The average Bonchev–Trinajstić information content (AvgIpc) is 1.87. The number of carbonyl (C=O) groups is 1. The quantitative estimate of drug-likeness (QED) is 0.618. The number of rotatable bonds is 5. The first-order chi connectivity index (χ1) is 5.09. The van der Waals surface area contributed by atoms with E-state index >= 15 is 0 Å². The minimum atomic E-state index is -0.799. The molecule has 0 rings (SSSR count). The van der Waals surface area contributed by atoms with E-state index in [0.717, 1.165) is 0 Å². The van der Waals surface area contributed by atoms with E-state index in [0.29, 0.717) is 13.0 Å². The summed E-state index contributed by atoms with van der Waals surface area (Å²) >= 11 is 0. The second-order valence-electron chi connectivity index (χ2n) is 2.60. The summed E-state index contributed by atoms with van der Waals surface area (Å²) in [5, 5.41) is 8.67. The van der Waals surface area contributed by atoms with Crippen molar-refractivity contribution in [3.63, 3.8) is 0 Å². The lowest BCUT2D eigenvalue weighted by Gasteiger charge is -2.18. The van der Waals surface area contributed by atoms with Crippen LogP contribution in [0.3, 0.4) is 0 Å². The zero-order chi connectivity index (χ0) is 8.85. The minimum absolute atomic E-state index is 0.435. The molecule has 0 aromatic heterocycles. The molecule has 0 heterocycles. The van der Waals surface area contributed by atoms with Crippen molar-refractivity contribution >= 4 is 5.97 Å². The highest BCUT2D eigenvalue weighted by Gasteiger charge is 2.18. The molecule has 0 spiro atoms. The standard InChI is InChI=1S/C7H15NO3/c1-8(2)6(7(9)10)4-5-11-3/h6H,4-5H2,1-3H3,(H,9,10). The topological polar surface area (TPSA) is 49.8 Å². The molecule has 1 unspecified atom stereocenters. The lowest BCUT2D eigenvalue weighted by molar-refractivity contribution is -0.142. The molecule has 0 bridgehead atoms. The maximum Gasteiger partial charge on any atom is 0.320 e. The Labute approximate surface area is 66.8 Å². The van der Waals surface area contributed by atoms with Crippen molar-refractivity contribution in [2.45, 2.75) is 12.5 Å². The predicted octanol–water partition coefficient (Wildman–Crippen LogP) is 0.0377. The summed E-state index contributed by atoms with van der Waals surface area (Å²) in [4.78, 5) is 12.2. The molecule has 4 heteroatoms. The highest BCUT2D eigenvalue weighted by molar-refractivity contribution is 5.73. The summed E-state index contributed by atoms with van der Waals surface area (Å²) < 4.78 is 4.78. The molecule has 0 saturated carbocycles. The zero-order valence-corrected chi connectivity index (χ0v) is 7.20. The van der Waals surface area contributed by atoms with Gasteiger partial charge in [-0.25, -0.2) is 0 Å². The van der Waals surface area contributed by atoms with Crippen LogP contribution in [0, 0.1) is 0 Å². The summed E-state index contributed by atoms with van der Waals surface area (Å²) in [6, 6.07) is -0.435. The van der Waals surface area contributed by atoms with Gasteiger partial charge in [0.15, 0.2) is 0 Å². The highest BCUT2D eigenvalue weighted by atomic mass is 16.5. The van der Waals surface area contributed by atoms with Crippen LogP contribution < -0.4 is 0 Å². The molecular formula is C7H15NO3. The Hall–Kier alpha value is -0.610. The van der Waals surface area contributed by atoms with Gasteiger partial charge in [-0.15, -0.1) is 0 Å². The van der Waals surface area contributed by atoms with Crippen molar-refractivity contribution < 1.29 is 14.6 Å². The predicted molar refractivity (Wildman–Crippen MR) is 41.6 cm³/mol. The molecule has 0 aromatic rings. The van der Waals surface area contributed by atoms with Crippen molar-refractivity contribution in [2.75, 3.05) is 27.8 Å². The normalized spacial score (nSPS) is 13.5. The summed E-state index contributed by atoms with van der Waals surface area (Å²) in [5.41, 5.74) is 0. The van der Waals surface area contributed by atoms with Crippen LogP contribution in [0.15, 0.2) is 0 Å². The van der Waals surface area contributed by atoms with Gasteiger partial charge in [-0.05, 0) is 20.5 Å². The lowest BCUT2D eigenvalue weighted by atomic mass is 10.2. The number of methoxy groups -OCH3 is 1. The molecule has 0 radical (unpaired) electrons. The summed E-state index contributed by atoms with van der Waals surface area (Å²) in [6.45, 7) is 0.481. The van der Waals surface area contributed by atoms with Crippen LogP contribution in [-0.4, -0.2) is 49.8 Å². The van der Waals surface area contributed by atoms with Crippen LogP contribution in [0.5, 0.6) is 0 Å². The van der Waals surface area contributed by atoms with Gasteiger partial charge in [0.2, 0.25) is 0 Å². The molecule has 11 heavy (non-hydrogen) atoms. The molecule has 4 nitrogen and oxygen atoms in total. The molecule has 1 atom stereocenters. The van der Waals surface area contributed by atoms with Crippen LogP contribution in [0.25, 0.3) is 0 Å². The third-order valence-corrected chi connectivity index (χ3v) is 1.50. The average molecular weight is 161 g/mol. The number of carboxylic acid groups (broad SMARTS) is 1. The van der Waals surface area contributed by atoms with E-state index < -0.39 is 12.0 Å². The van der Waals surface area contributed by atoms with E-state index in [-0.39, 0.29) is 0 Å². The first-order valence-electron chi connectivity index (χ1n) is 3.47. The van der Waals surface area contributed by atoms with E-state index in [1.807, 2.05) is 0 Å². The monoisotopic (exact) mass is 161 g/mol. The zero-order valence-electron chi connectivity index (χ0n) is 7.20. The van der Waals surface area contributed by atoms with Gasteiger partial charge in [0.25, 0.3) is 0 Å². The molecule has 0 aliphatic rings. The summed E-state index contributed by atoms with van der Waals surface area (Å²) in [7, 11) is 5.05. The maximum atomic E-state index is 10.5. The van der Waals surface area contributed by atoms with Crippen LogP contribution >= 0.6 is 0 Å². The fourth-order valence-corrected chi connectivity index (χ4v) is 0.832. The Morgan fingerprint density at radius 2 is 2.18 bits per heavy atom. The fourth-order valence-electron chi connectivity index (χ4n) is 0.832. The third-order valence-electron chi connectivity index (χ3n) is 1.50. The Balaban J connectivity index is 3.80. The molecule has 0 aromatic carbocycles. The fraction of sp³-hybridized carbons (Fsp3) is 0.857. The van der Waals surface area contributed by atoms with Gasteiger partial charge in [-0.1, -0.05) is 0 Å². The number of carboxylic acids is 1. The highest BCUT2D eigenvalue weighted by Crippen LogP contribution is 1.99. The number of aliphatic carboxylic acids is 1. The van der Waals surface area contributed by atoms with Crippen LogP contribution in [-0.2, 0) is 9.53 Å². The molecule has 1 N–H and O–H groups in total. The third kappa shape index (κ3) is 3.95. The van der Waals surface area contributed by atoms with Crippen molar-refractivity contribution in [1.82, 2.24) is 4.90 Å². The summed E-state index contributed by atoms with van der Waals surface area (Å²) in [6.07, 6.45) is 0.527. The van der Waals surface area contributed by atoms with Crippen LogP contribution in [0.2, 0.25) is 0 Å². The molecule has 66 valence electrons. The molecule has 0 aliphatic carbocycles. The summed E-state index contributed by atoms with van der Waals surface area (Å²) in [5.74, 6) is -0.799. The van der Waals surface area contributed by atoms with Crippen LogP contribution in [0.4, 0.5) is 0 Å².